The average molecular weight is 305 g/mol. The number of fused-ring (bicyclic) bond motifs is 3. The molecule has 3 aliphatic heterocycles. The molecule has 23 heavy (non-hydrogen) atoms. The van der Waals surface area contributed by atoms with E-state index in [9.17, 15) is 4.79 Å². The molecule has 0 saturated carbocycles. The Labute approximate surface area is 138 Å². The lowest BCUT2D eigenvalue weighted by Gasteiger charge is -2.44. The van der Waals surface area contributed by atoms with Gasteiger partial charge < -0.3 is 4.90 Å². The van der Waals surface area contributed by atoms with Gasteiger partial charge in [0.25, 0.3) is 0 Å². The van der Waals surface area contributed by atoms with Crippen molar-refractivity contribution in [2.75, 3.05) is 19.6 Å². The lowest BCUT2D eigenvalue weighted by atomic mass is 9.76. The van der Waals surface area contributed by atoms with Gasteiger partial charge in [-0.15, -0.1) is 0 Å². The number of piperidine rings is 3. The molecule has 3 saturated heterocycles. The van der Waals surface area contributed by atoms with Crippen molar-refractivity contribution in [3.63, 3.8) is 0 Å². The summed E-state index contributed by atoms with van der Waals surface area (Å²) in [7, 11) is 0. The van der Waals surface area contributed by atoms with Gasteiger partial charge in [0.05, 0.1) is 0 Å². The van der Waals surface area contributed by atoms with Gasteiger partial charge in [0, 0.05) is 18.5 Å². The average Bonchev–Trinajstić information content (AvgIpc) is 2.63. The van der Waals surface area contributed by atoms with E-state index in [4.69, 9.17) is 0 Å². The summed E-state index contributed by atoms with van der Waals surface area (Å²) >= 11 is 0. The third kappa shape index (κ3) is 3.09. The van der Waals surface area contributed by atoms with Gasteiger partial charge in [-0.3, -0.25) is 4.79 Å². The normalized spacial score (nSPS) is 26.2. The van der Waals surface area contributed by atoms with Gasteiger partial charge in [-0.05, 0) is 48.9 Å². The second-order valence-corrected chi connectivity index (χ2v) is 6.97. The van der Waals surface area contributed by atoms with Crippen LogP contribution in [0.4, 0.5) is 0 Å². The Balaban J connectivity index is 1.45. The second-order valence-electron chi connectivity index (χ2n) is 6.97. The van der Waals surface area contributed by atoms with E-state index in [1.54, 1.807) is 0 Å². The standard InChI is InChI=1S/C21H23NO/c23-21(14-20-15-22-12-10-18(20)11-13-22)19-8-6-17(7-9-19)16-4-2-1-3-5-16/h1-9,18,20H,10-15H2. The van der Waals surface area contributed by atoms with Crippen LogP contribution in [0.5, 0.6) is 0 Å². The van der Waals surface area contributed by atoms with Crippen LogP contribution in [0.15, 0.2) is 54.6 Å². The van der Waals surface area contributed by atoms with Crippen molar-refractivity contribution in [1.29, 1.82) is 0 Å². The highest BCUT2D eigenvalue weighted by Gasteiger charge is 2.35. The zero-order valence-corrected chi connectivity index (χ0v) is 13.4. The van der Waals surface area contributed by atoms with Crippen molar-refractivity contribution in [3.8, 4) is 11.1 Å². The van der Waals surface area contributed by atoms with Gasteiger partial charge in [-0.2, -0.15) is 0 Å². The van der Waals surface area contributed by atoms with Gasteiger partial charge >= 0.3 is 0 Å². The Morgan fingerprint density at radius 1 is 0.913 bits per heavy atom. The molecule has 0 aliphatic carbocycles. The van der Waals surface area contributed by atoms with Crippen molar-refractivity contribution in [2.45, 2.75) is 19.3 Å². The van der Waals surface area contributed by atoms with E-state index in [0.29, 0.717) is 18.1 Å². The Kier molecular flexibility index (Phi) is 4.00. The summed E-state index contributed by atoms with van der Waals surface area (Å²) in [5, 5.41) is 0. The molecule has 2 heteroatoms. The molecule has 1 unspecified atom stereocenters. The maximum absolute atomic E-state index is 12.6. The fraction of sp³-hybridized carbons (Fsp3) is 0.381. The van der Waals surface area contributed by atoms with Crippen LogP contribution >= 0.6 is 0 Å². The molecule has 3 heterocycles. The van der Waals surface area contributed by atoms with Gasteiger partial charge in [-0.25, -0.2) is 0 Å². The Morgan fingerprint density at radius 3 is 2.17 bits per heavy atom. The number of rotatable bonds is 4. The fourth-order valence-electron chi connectivity index (χ4n) is 4.15. The van der Waals surface area contributed by atoms with Crippen LogP contribution < -0.4 is 0 Å². The number of carbonyl (C=O) groups is 1. The molecule has 2 aromatic rings. The Hall–Kier alpha value is -1.93. The fourth-order valence-corrected chi connectivity index (χ4v) is 4.15. The number of hydrogen-bond acceptors (Lipinski definition) is 2. The summed E-state index contributed by atoms with van der Waals surface area (Å²) in [5.41, 5.74) is 3.23. The molecule has 2 nitrogen and oxygen atoms in total. The first kappa shape index (κ1) is 14.6. The van der Waals surface area contributed by atoms with Gasteiger partial charge in [-0.1, -0.05) is 54.6 Å². The number of Topliss-reactive ketones (excluding diaryl/α,β-unsaturated/α-hetero) is 1. The largest absolute Gasteiger partial charge is 0.303 e. The van der Waals surface area contributed by atoms with E-state index >= 15 is 0 Å². The van der Waals surface area contributed by atoms with Crippen LogP contribution in [0.1, 0.15) is 29.6 Å². The predicted molar refractivity (Wildman–Crippen MR) is 93.5 cm³/mol. The first-order chi connectivity index (χ1) is 11.3. The van der Waals surface area contributed by atoms with Gasteiger partial charge in [0.2, 0.25) is 0 Å². The van der Waals surface area contributed by atoms with Crippen molar-refractivity contribution < 1.29 is 4.79 Å². The molecular formula is C21H23NO. The molecule has 5 rings (SSSR count). The van der Waals surface area contributed by atoms with Crippen molar-refractivity contribution in [1.82, 2.24) is 4.90 Å². The molecule has 0 amide bonds. The Morgan fingerprint density at radius 2 is 1.57 bits per heavy atom. The lowest BCUT2D eigenvalue weighted by molar-refractivity contribution is 0.0441. The number of nitrogens with zero attached hydrogens (tertiary/aromatic N) is 1. The van der Waals surface area contributed by atoms with Crippen molar-refractivity contribution >= 4 is 5.78 Å². The van der Waals surface area contributed by atoms with Crippen LogP contribution in [0.3, 0.4) is 0 Å². The van der Waals surface area contributed by atoms with Crippen LogP contribution in [0, 0.1) is 11.8 Å². The van der Waals surface area contributed by atoms with E-state index in [2.05, 4.69) is 29.2 Å². The summed E-state index contributed by atoms with van der Waals surface area (Å²) in [6, 6.07) is 18.4. The smallest absolute Gasteiger partial charge is 0.163 e. The second kappa shape index (κ2) is 6.29. The highest BCUT2D eigenvalue weighted by Crippen LogP contribution is 2.35. The summed E-state index contributed by atoms with van der Waals surface area (Å²) in [5.74, 6) is 1.65. The zero-order chi connectivity index (χ0) is 15.6. The molecule has 0 aromatic heterocycles. The molecule has 118 valence electrons. The maximum atomic E-state index is 12.6. The molecule has 3 fully saturated rings. The summed E-state index contributed by atoms with van der Waals surface area (Å²) in [6.45, 7) is 3.60. The first-order valence-electron chi connectivity index (χ1n) is 8.70. The van der Waals surface area contributed by atoms with E-state index in [0.717, 1.165) is 18.0 Å². The monoisotopic (exact) mass is 305 g/mol. The number of carbonyl (C=O) groups excluding carboxylic acids is 1. The van der Waals surface area contributed by atoms with Crippen molar-refractivity contribution in [3.05, 3.63) is 60.2 Å². The highest BCUT2D eigenvalue weighted by molar-refractivity contribution is 5.96. The minimum atomic E-state index is 0.309. The van der Waals surface area contributed by atoms with E-state index < -0.39 is 0 Å². The number of hydrogen-bond donors (Lipinski definition) is 0. The first-order valence-corrected chi connectivity index (χ1v) is 8.70. The van der Waals surface area contributed by atoms with E-state index in [1.807, 2.05) is 30.3 Å². The van der Waals surface area contributed by atoms with Crippen LogP contribution in [0.25, 0.3) is 11.1 Å². The highest BCUT2D eigenvalue weighted by atomic mass is 16.1. The summed E-state index contributed by atoms with van der Waals surface area (Å²) in [4.78, 5) is 15.1. The maximum Gasteiger partial charge on any atom is 0.163 e. The van der Waals surface area contributed by atoms with Gasteiger partial charge in [0.1, 0.15) is 0 Å². The molecule has 2 bridgehead atoms. The van der Waals surface area contributed by atoms with Crippen LogP contribution in [-0.4, -0.2) is 30.3 Å². The van der Waals surface area contributed by atoms with E-state index in [-0.39, 0.29) is 0 Å². The summed E-state index contributed by atoms with van der Waals surface area (Å²) in [6.07, 6.45) is 3.28. The third-order valence-electron chi connectivity index (χ3n) is 5.55. The lowest BCUT2D eigenvalue weighted by Crippen LogP contribution is -2.47. The SMILES string of the molecule is O=C(CC1CN2CCC1CC2)c1ccc(-c2ccccc2)cc1. The topological polar surface area (TPSA) is 20.3 Å². The molecular weight excluding hydrogens is 282 g/mol. The number of ketones is 1. The molecule has 0 radical (unpaired) electrons. The van der Waals surface area contributed by atoms with Gasteiger partial charge in [0.15, 0.2) is 5.78 Å². The zero-order valence-electron chi connectivity index (χ0n) is 13.4. The molecule has 0 spiro atoms. The quantitative estimate of drug-likeness (QED) is 0.786. The summed E-state index contributed by atoms with van der Waals surface area (Å²) < 4.78 is 0. The van der Waals surface area contributed by atoms with E-state index in [1.165, 1.54) is 37.1 Å². The minimum Gasteiger partial charge on any atom is -0.303 e. The van der Waals surface area contributed by atoms with Crippen LogP contribution in [-0.2, 0) is 0 Å². The van der Waals surface area contributed by atoms with Crippen molar-refractivity contribution in [2.24, 2.45) is 11.8 Å². The number of benzene rings is 2. The predicted octanol–water partition coefficient (Wildman–Crippen LogP) is 4.27. The third-order valence-corrected chi connectivity index (χ3v) is 5.55. The molecule has 2 aromatic carbocycles. The molecule has 0 N–H and O–H groups in total. The minimum absolute atomic E-state index is 0.309. The molecule has 3 aliphatic rings. The van der Waals surface area contributed by atoms with Crippen LogP contribution in [0.2, 0.25) is 0 Å². The Bertz CT molecular complexity index is 669. The molecule has 1 atom stereocenters.